The van der Waals surface area contributed by atoms with Crippen LogP contribution in [0.25, 0.3) is 17.1 Å². The summed E-state index contributed by atoms with van der Waals surface area (Å²) in [5.74, 6) is 0.314. The van der Waals surface area contributed by atoms with E-state index in [4.69, 9.17) is 4.74 Å². The van der Waals surface area contributed by atoms with Gasteiger partial charge in [-0.1, -0.05) is 31.4 Å². The van der Waals surface area contributed by atoms with E-state index in [2.05, 4.69) is 15.4 Å². The second-order valence-corrected chi connectivity index (χ2v) is 8.18. The molecule has 1 aliphatic carbocycles. The van der Waals surface area contributed by atoms with Gasteiger partial charge in [-0.3, -0.25) is 4.79 Å². The van der Waals surface area contributed by atoms with E-state index in [-0.39, 0.29) is 29.8 Å². The van der Waals surface area contributed by atoms with Crippen LogP contribution < -0.4 is 10.1 Å². The maximum absolute atomic E-state index is 13.8. The number of anilines is 1. The fourth-order valence-corrected chi connectivity index (χ4v) is 3.84. The zero-order valence-corrected chi connectivity index (χ0v) is 17.8. The maximum Gasteiger partial charge on any atom is 0.336 e. The molecule has 3 aromatic rings. The third-order valence-electron chi connectivity index (χ3n) is 5.37. The number of nitrogens with one attached hydrogen (secondary N) is 1. The molecule has 1 fully saturated rings. The lowest BCUT2D eigenvalue weighted by Gasteiger charge is -2.20. The Labute approximate surface area is 181 Å². The van der Waals surface area contributed by atoms with Gasteiger partial charge in [-0.05, 0) is 63.1 Å². The summed E-state index contributed by atoms with van der Waals surface area (Å²) < 4.78 is 21.1. The van der Waals surface area contributed by atoms with Crippen molar-refractivity contribution in [1.29, 1.82) is 0 Å². The molecule has 6 nitrogen and oxygen atoms in total. The molecule has 0 bridgehead atoms. The van der Waals surface area contributed by atoms with Crippen LogP contribution in [-0.2, 0) is 4.79 Å². The van der Waals surface area contributed by atoms with E-state index >= 15 is 0 Å². The molecule has 0 unspecified atom stereocenters. The number of rotatable bonds is 6. The van der Waals surface area contributed by atoms with Crippen molar-refractivity contribution in [2.45, 2.75) is 52.1 Å². The van der Waals surface area contributed by atoms with Gasteiger partial charge in [0.05, 0.1) is 11.8 Å². The molecule has 2 aromatic carbocycles. The summed E-state index contributed by atoms with van der Waals surface area (Å²) in [7, 11) is 0. The van der Waals surface area contributed by atoms with Gasteiger partial charge in [0.2, 0.25) is 5.91 Å². The minimum atomic E-state index is -0.348. The van der Waals surface area contributed by atoms with Crippen molar-refractivity contribution in [2.24, 2.45) is 5.92 Å². The smallest absolute Gasteiger partial charge is 0.336 e. The summed E-state index contributed by atoms with van der Waals surface area (Å²) in [6.07, 6.45) is 5.28. The average Bonchev–Trinajstić information content (AvgIpc) is 3.18. The van der Waals surface area contributed by atoms with Crippen molar-refractivity contribution in [3.8, 4) is 23.1 Å². The van der Waals surface area contributed by atoms with Gasteiger partial charge in [0.1, 0.15) is 5.82 Å². The normalized spacial score (nSPS) is 14.6. The van der Waals surface area contributed by atoms with Gasteiger partial charge in [-0.2, -0.15) is 4.98 Å². The minimum Gasteiger partial charge on any atom is -0.460 e. The molecule has 162 valence electrons. The molecule has 1 aromatic heterocycles. The van der Waals surface area contributed by atoms with E-state index in [0.29, 0.717) is 11.4 Å². The molecule has 0 spiro atoms. The number of carbonyl (C=O) groups excluding carboxylic acids is 1. The molecule has 7 heteroatoms. The molecule has 1 saturated carbocycles. The Morgan fingerprint density at radius 1 is 1.13 bits per heavy atom. The highest BCUT2D eigenvalue weighted by Gasteiger charge is 2.21. The first-order valence-corrected chi connectivity index (χ1v) is 10.8. The van der Waals surface area contributed by atoms with Crippen molar-refractivity contribution in [3.05, 3.63) is 54.3 Å². The Hall–Kier alpha value is -3.22. The first kappa shape index (κ1) is 21.0. The lowest BCUT2D eigenvalue weighted by Crippen LogP contribution is -2.24. The van der Waals surface area contributed by atoms with Gasteiger partial charge in [-0.15, -0.1) is 5.10 Å². The SMILES string of the molecule is CC(C)Oc1nc(-c2cccc(F)c2)n(-c2ccc(NC(=O)C3CCCCC3)cc2)n1. The first-order valence-electron chi connectivity index (χ1n) is 10.8. The molecule has 1 aliphatic rings. The molecule has 0 atom stereocenters. The Balaban J connectivity index is 1.59. The van der Waals surface area contributed by atoms with Crippen LogP contribution in [0.15, 0.2) is 48.5 Å². The molecular formula is C24H27FN4O2. The summed E-state index contributed by atoms with van der Waals surface area (Å²) in [5, 5.41) is 7.48. The zero-order valence-electron chi connectivity index (χ0n) is 17.8. The fourth-order valence-electron chi connectivity index (χ4n) is 3.84. The van der Waals surface area contributed by atoms with Gasteiger partial charge in [0.15, 0.2) is 5.82 Å². The van der Waals surface area contributed by atoms with E-state index in [1.165, 1.54) is 18.6 Å². The number of ether oxygens (including phenoxy) is 1. The number of benzene rings is 2. The third-order valence-corrected chi connectivity index (χ3v) is 5.37. The monoisotopic (exact) mass is 422 g/mol. The number of amides is 1. The highest BCUT2D eigenvalue weighted by atomic mass is 19.1. The summed E-state index contributed by atoms with van der Waals surface area (Å²) in [5.41, 5.74) is 2.08. The number of hydrogen-bond acceptors (Lipinski definition) is 4. The number of nitrogens with zero attached hydrogens (tertiary/aromatic N) is 3. The van der Waals surface area contributed by atoms with Gasteiger partial charge in [0.25, 0.3) is 0 Å². The van der Waals surface area contributed by atoms with Crippen molar-refractivity contribution >= 4 is 11.6 Å². The summed E-state index contributed by atoms with van der Waals surface area (Å²) in [6.45, 7) is 3.79. The van der Waals surface area contributed by atoms with Crippen LogP contribution in [0.5, 0.6) is 6.01 Å². The molecule has 1 N–H and O–H groups in total. The maximum atomic E-state index is 13.8. The topological polar surface area (TPSA) is 69.0 Å². The molecule has 0 saturated heterocycles. The van der Waals surface area contributed by atoms with Crippen molar-refractivity contribution in [2.75, 3.05) is 5.32 Å². The summed E-state index contributed by atoms with van der Waals surface area (Å²) >= 11 is 0. The summed E-state index contributed by atoms with van der Waals surface area (Å²) in [4.78, 5) is 17.0. The minimum absolute atomic E-state index is 0.0845. The zero-order chi connectivity index (χ0) is 21.8. The Kier molecular flexibility index (Phi) is 6.30. The van der Waals surface area contributed by atoms with Crippen LogP contribution in [0.2, 0.25) is 0 Å². The lowest BCUT2D eigenvalue weighted by atomic mass is 9.88. The van der Waals surface area contributed by atoms with Crippen LogP contribution in [0.3, 0.4) is 0 Å². The molecular weight excluding hydrogens is 395 g/mol. The van der Waals surface area contributed by atoms with Crippen molar-refractivity contribution in [3.63, 3.8) is 0 Å². The van der Waals surface area contributed by atoms with Crippen LogP contribution in [-0.4, -0.2) is 26.8 Å². The number of halogens is 1. The third kappa shape index (κ3) is 5.10. The summed E-state index contributed by atoms with van der Waals surface area (Å²) in [6, 6.07) is 13.8. The number of hydrogen-bond donors (Lipinski definition) is 1. The first-order chi connectivity index (χ1) is 15.0. The Bertz CT molecular complexity index is 1040. The van der Waals surface area contributed by atoms with Crippen LogP contribution in [0.1, 0.15) is 46.0 Å². The van der Waals surface area contributed by atoms with Gasteiger partial charge < -0.3 is 10.1 Å². The molecule has 0 aliphatic heterocycles. The highest BCUT2D eigenvalue weighted by Crippen LogP contribution is 2.27. The second kappa shape index (κ2) is 9.29. The van der Waals surface area contributed by atoms with Crippen molar-refractivity contribution in [1.82, 2.24) is 14.8 Å². The average molecular weight is 423 g/mol. The molecule has 0 radical (unpaired) electrons. The van der Waals surface area contributed by atoms with Gasteiger partial charge in [-0.25, -0.2) is 9.07 Å². The Morgan fingerprint density at radius 2 is 1.87 bits per heavy atom. The molecule has 31 heavy (non-hydrogen) atoms. The van der Waals surface area contributed by atoms with Gasteiger partial charge in [0, 0.05) is 17.2 Å². The fraction of sp³-hybridized carbons (Fsp3) is 0.375. The van der Waals surface area contributed by atoms with E-state index in [9.17, 15) is 9.18 Å². The standard InChI is InChI=1S/C24H27FN4O2/c1-16(2)31-24-27-22(18-9-6-10-19(25)15-18)29(28-24)21-13-11-20(12-14-21)26-23(30)17-7-4-3-5-8-17/h6,9-17H,3-5,7-8H2,1-2H3,(H,26,30). The highest BCUT2D eigenvalue weighted by molar-refractivity contribution is 5.92. The predicted octanol–water partition coefficient (Wildman–Crippen LogP) is 5.38. The number of carbonyl (C=O) groups is 1. The van der Waals surface area contributed by atoms with E-state index in [0.717, 1.165) is 37.1 Å². The quantitative estimate of drug-likeness (QED) is 0.579. The second-order valence-electron chi connectivity index (χ2n) is 8.18. The van der Waals surface area contributed by atoms with Crippen LogP contribution >= 0.6 is 0 Å². The Morgan fingerprint density at radius 3 is 2.55 bits per heavy atom. The molecule has 1 heterocycles. The van der Waals surface area contributed by atoms with E-state index < -0.39 is 0 Å². The number of aromatic nitrogens is 3. The van der Waals surface area contributed by atoms with Crippen molar-refractivity contribution < 1.29 is 13.9 Å². The predicted molar refractivity (Wildman–Crippen MR) is 118 cm³/mol. The van der Waals surface area contributed by atoms with E-state index in [1.54, 1.807) is 16.8 Å². The van der Waals surface area contributed by atoms with Crippen LogP contribution in [0, 0.1) is 11.7 Å². The van der Waals surface area contributed by atoms with Crippen LogP contribution in [0.4, 0.5) is 10.1 Å². The lowest BCUT2D eigenvalue weighted by molar-refractivity contribution is -0.120. The molecule has 1 amide bonds. The largest absolute Gasteiger partial charge is 0.460 e. The van der Waals surface area contributed by atoms with E-state index in [1.807, 2.05) is 38.1 Å². The molecule has 4 rings (SSSR count). The van der Waals surface area contributed by atoms with Gasteiger partial charge >= 0.3 is 6.01 Å².